The van der Waals surface area contributed by atoms with E-state index in [1.54, 1.807) is 43.0 Å². The molecule has 12 heteroatoms. The van der Waals surface area contributed by atoms with Crippen molar-refractivity contribution in [3.05, 3.63) is 47.5 Å². The molecule has 2 amide bonds. The maximum Gasteiger partial charge on any atom is 0.475 e. The van der Waals surface area contributed by atoms with Crippen molar-refractivity contribution in [2.45, 2.75) is 56.6 Å². The van der Waals surface area contributed by atoms with E-state index in [1.165, 1.54) is 11.0 Å². The van der Waals surface area contributed by atoms with E-state index in [1.807, 2.05) is 12.1 Å². The number of amides is 2. The van der Waals surface area contributed by atoms with Gasteiger partial charge in [-0.25, -0.2) is 13.6 Å². The second-order valence-corrected chi connectivity index (χ2v) is 9.77. The zero-order valence-electron chi connectivity index (χ0n) is 20.4. The summed E-state index contributed by atoms with van der Waals surface area (Å²) in [6.07, 6.45) is 0.159. The van der Waals surface area contributed by atoms with Crippen LogP contribution in [-0.4, -0.2) is 88.7 Å². The van der Waals surface area contributed by atoms with Crippen LogP contribution >= 0.6 is 0 Å². The van der Waals surface area contributed by atoms with Gasteiger partial charge in [-0.2, -0.15) is 5.26 Å². The topological polar surface area (TPSA) is 126 Å². The minimum atomic E-state index is -2.80. The molecule has 1 aromatic carbocycles. The highest BCUT2D eigenvalue weighted by Crippen LogP contribution is 2.33. The summed E-state index contributed by atoms with van der Waals surface area (Å²) in [6, 6.07) is 10.9. The molecular formula is C24H31BF2N4O5. The largest absolute Gasteiger partial charge is 0.475 e. The molecule has 1 aromatic rings. The number of carbonyl (C=O) groups excluding carboxylic acids is 2. The van der Waals surface area contributed by atoms with E-state index >= 15 is 0 Å². The maximum atomic E-state index is 13.7. The average molecular weight is 504 g/mol. The molecule has 0 saturated carbocycles. The highest BCUT2D eigenvalue weighted by molar-refractivity contribution is 6.43. The highest BCUT2D eigenvalue weighted by Gasteiger charge is 2.43. The minimum absolute atomic E-state index is 0.0541. The van der Waals surface area contributed by atoms with Crippen molar-refractivity contribution in [3.63, 3.8) is 0 Å². The molecule has 9 nitrogen and oxygen atoms in total. The molecule has 3 rings (SSSR count). The van der Waals surface area contributed by atoms with Gasteiger partial charge in [-0.1, -0.05) is 30.3 Å². The van der Waals surface area contributed by atoms with Gasteiger partial charge in [0.25, 0.3) is 11.8 Å². The standard InChI is InChI=1S/C24H31BF2N4O5/c1-23(2,31-11-9-24(26,27)16-31)13-18(14-28)21(32)30-10-8-19(15-30)36-22(33)29-20(25(34)35)12-17-6-4-3-5-7-17/h3-7,13,19-20,34-35H,8-12,15-16H2,1-2H3,(H,29,33)/t19-,20?/m0/s1. The molecule has 36 heavy (non-hydrogen) atoms. The number of hydrogen-bond acceptors (Lipinski definition) is 7. The van der Waals surface area contributed by atoms with E-state index in [0.29, 0.717) is 6.42 Å². The van der Waals surface area contributed by atoms with E-state index in [9.17, 15) is 33.7 Å². The van der Waals surface area contributed by atoms with Crippen LogP contribution in [0.2, 0.25) is 0 Å². The summed E-state index contributed by atoms with van der Waals surface area (Å²) in [5.74, 6) is -4.35. The number of carbonyl (C=O) groups is 2. The lowest BCUT2D eigenvalue weighted by Gasteiger charge is -2.33. The summed E-state index contributed by atoms with van der Waals surface area (Å²) in [5, 5.41) is 31.3. The van der Waals surface area contributed by atoms with Crippen molar-refractivity contribution in [2.75, 3.05) is 26.2 Å². The van der Waals surface area contributed by atoms with Crippen LogP contribution in [0.25, 0.3) is 0 Å². The Morgan fingerprint density at radius 3 is 2.61 bits per heavy atom. The number of alkyl halides is 2. The van der Waals surface area contributed by atoms with E-state index in [2.05, 4.69) is 5.32 Å². The van der Waals surface area contributed by atoms with Gasteiger partial charge < -0.3 is 25.0 Å². The van der Waals surface area contributed by atoms with Gasteiger partial charge in [-0.3, -0.25) is 9.69 Å². The van der Waals surface area contributed by atoms with Crippen LogP contribution in [0.4, 0.5) is 13.6 Å². The van der Waals surface area contributed by atoms with Gasteiger partial charge >= 0.3 is 13.2 Å². The Morgan fingerprint density at radius 1 is 1.33 bits per heavy atom. The molecule has 0 aliphatic carbocycles. The molecular weight excluding hydrogens is 473 g/mol. The molecule has 3 N–H and O–H groups in total. The molecule has 194 valence electrons. The van der Waals surface area contributed by atoms with Crippen molar-refractivity contribution in [2.24, 2.45) is 0 Å². The van der Waals surface area contributed by atoms with Gasteiger partial charge in [0, 0.05) is 31.5 Å². The summed E-state index contributed by atoms with van der Waals surface area (Å²) >= 11 is 0. The molecule has 0 spiro atoms. The molecule has 2 aliphatic heterocycles. The van der Waals surface area contributed by atoms with E-state index < -0.39 is 49.2 Å². The Labute approximate surface area is 209 Å². The zero-order chi connectivity index (χ0) is 26.5. The van der Waals surface area contributed by atoms with Crippen LogP contribution in [0.15, 0.2) is 42.0 Å². The van der Waals surface area contributed by atoms with Crippen molar-refractivity contribution >= 4 is 19.1 Å². The van der Waals surface area contributed by atoms with E-state index in [-0.39, 0.29) is 38.0 Å². The SMILES string of the molecule is CC(C)(C=C(C#N)C(=O)N1CC[C@H](OC(=O)NC(Cc2ccccc2)B(O)O)C1)N1CCC(F)(F)C1. The van der Waals surface area contributed by atoms with Crippen LogP contribution in [0.1, 0.15) is 32.3 Å². The lowest BCUT2D eigenvalue weighted by Crippen LogP contribution is -2.48. The predicted molar refractivity (Wildman–Crippen MR) is 128 cm³/mol. The molecule has 1 unspecified atom stereocenters. The van der Waals surface area contributed by atoms with Crippen LogP contribution in [0, 0.1) is 11.3 Å². The number of rotatable bonds is 8. The third kappa shape index (κ3) is 7.26. The van der Waals surface area contributed by atoms with Crippen molar-refractivity contribution < 1.29 is 33.2 Å². The average Bonchev–Trinajstić information content (AvgIpc) is 3.43. The number of nitriles is 1. The fourth-order valence-electron chi connectivity index (χ4n) is 4.43. The monoisotopic (exact) mass is 504 g/mol. The summed E-state index contributed by atoms with van der Waals surface area (Å²) in [4.78, 5) is 28.2. The second kappa shape index (κ2) is 11.4. The number of alkyl carbamates (subject to hydrolysis) is 1. The number of hydrogen-bond donors (Lipinski definition) is 3. The Bertz CT molecular complexity index is 1020. The first-order valence-electron chi connectivity index (χ1n) is 11.8. The number of nitrogens with zero attached hydrogens (tertiary/aromatic N) is 3. The van der Waals surface area contributed by atoms with Crippen LogP contribution in [0.5, 0.6) is 0 Å². The number of halogens is 2. The molecule has 0 radical (unpaired) electrons. The molecule has 0 bridgehead atoms. The van der Waals surface area contributed by atoms with E-state index in [4.69, 9.17) is 4.74 Å². The lowest BCUT2D eigenvalue weighted by molar-refractivity contribution is -0.126. The summed E-state index contributed by atoms with van der Waals surface area (Å²) in [6.45, 7) is 3.38. The van der Waals surface area contributed by atoms with Gasteiger partial charge in [0.05, 0.1) is 19.0 Å². The molecule has 2 heterocycles. The maximum absolute atomic E-state index is 13.7. The molecule has 2 fully saturated rings. The number of ether oxygens (including phenoxy) is 1. The van der Waals surface area contributed by atoms with Gasteiger partial charge in [0.2, 0.25) is 0 Å². The minimum Gasteiger partial charge on any atom is -0.444 e. The molecule has 0 aromatic heterocycles. The molecule has 2 atom stereocenters. The Morgan fingerprint density at radius 2 is 2.03 bits per heavy atom. The fraction of sp³-hybridized carbons (Fsp3) is 0.542. The quantitative estimate of drug-likeness (QED) is 0.278. The number of likely N-dealkylation sites (tertiary alicyclic amines) is 2. The number of nitrogens with one attached hydrogen (secondary N) is 1. The van der Waals surface area contributed by atoms with Crippen LogP contribution in [0.3, 0.4) is 0 Å². The highest BCUT2D eigenvalue weighted by atomic mass is 19.3. The first-order valence-corrected chi connectivity index (χ1v) is 11.8. The third-order valence-electron chi connectivity index (χ3n) is 6.50. The van der Waals surface area contributed by atoms with Crippen molar-refractivity contribution in [1.82, 2.24) is 15.1 Å². The summed E-state index contributed by atoms with van der Waals surface area (Å²) < 4.78 is 32.7. The van der Waals surface area contributed by atoms with Gasteiger partial charge in [-0.05, 0) is 31.9 Å². The van der Waals surface area contributed by atoms with Crippen LogP contribution in [-0.2, 0) is 16.0 Å². The first kappa shape index (κ1) is 27.6. The second-order valence-electron chi connectivity index (χ2n) is 9.77. The smallest absolute Gasteiger partial charge is 0.444 e. The lowest BCUT2D eigenvalue weighted by atomic mass is 9.76. The zero-order valence-corrected chi connectivity index (χ0v) is 20.4. The number of benzene rings is 1. The fourth-order valence-corrected chi connectivity index (χ4v) is 4.43. The van der Waals surface area contributed by atoms with Gasteiger partial charge in [0.15, 0.2) is 0 Å². The van der Waals surface area contributed by atoms with Gasteiger partial charge in [-0.15, -0.1) is 0 Å². The van der Waals surface area contributed by atoms with Crippen molar-refractivity contribution in [3.8, 4) is 6.07 Å². The molecule has 2 saturated heterocycles. The van der Waals surface area contributed by atoms with Crippen molar-refractivity contribution in [1.29, 1.82) is 5.26 Å². The Hall–Kier alpha value is -3.01. The molecule has 2 aliphatic rings. The van der Waals surface area contributed by atoms with E-state index in [0.717, 1.165) is 5.56 Å². The van der Waals surface area contributed by atoms with Gasteiger partial charge in [0.1, 0.15) is 17.7 Å². The predicted octanol–water partition coefficient (Wildman–Crippen LogP) is 1.51. The summed E-state index contributed by atoms with van der Waals surface area (Å²) in [7, 11) is -1.80. The first-order chi connectivity index (χ1) is 16.9. The third-order valence-corrected chi connectivity index (χ3v) is 6.50. The van der Waals surface area contributed by atoms with Crippen LogP contribution < -0.4 is 5.32 Å². The normalized spacial score (nSPS) is 21.1. The Kier molecular flexibility index (Phi) is 8.71. The Balaban J connectivity index is 1.56. The summed E-state index contributed by atoms with van der Waals surface area (Å²) in [5.41, 5.74) is -0.286.